The van der Waals surface area contributed by atoms with E-state index in [0.717, 1.165) is 12.8 Å². The molecule has 0 N–H and O–H groups in total. The van der Waals surface area contributed by atoms with Crippen molar-refractivity contribution in [3.63, 3.8) is 0 Å². The molecule has 1 fully saturated rings. The van der Waals surface area contributed by atoms with Crippen molar-refractivity contribution in [1.29, 1.82) is 0 Å². The van der Waals surface area contributed by atoms with Crippen molar-refractivity contribution in [3.8, 4) is 0 Å². The van der Waals surface area contributed by atoms with Crippen LogP contribution in [0, 0.1) is 10.8 Å². The summed E-state index contributed by atoms with van der Waals surface area (Å²) < 4.78 is 0. The van der Waals surface area contributed by atoms with Gasteiger partial charge in [-0.05, 0) is 18.3 Å². The summed E-state index contributed by atoms with van der Waals surface area (Å²) in [5.74, 6) is 0.463. The summed E-state index contributed by atoms with van der Waals surface area (Å²) in [5, 5.41) is 0. The normalized spacial score (nSPS) is 21.5. The molecule has 1 aliphatic carbocycles. The number of ketones is 1. The Morgan fingerprint density at radius 1 is 1.36 bits per heavy atom. The first kappa shape index (κ1) is 8.76. The van der Waals surface area contributed by atoms with E-state index < -0.39 is 0 Å². The third-order valence-corrected chi connectivity index (χ3v) is 3.04. The topological polar surface area (TPSA) is 17.1 Å². The standard InChI is InChI=1S/C10H18O/c1-5-8(11)10(6-7-10)9(2,3)4/h5-7H2,1-4H3. The largest absolute Gasteiger partial charge is 0.299 e. The van der Waals surface area contributed by atoms with E-state index in [9.17, 15) is 4.79 Å². The quantitative estimate of drug-likeness (QED) is 0.597. The third kappa shape index (κ3) is 1.21. The van der Waals surface area contributed by atoms with Gasteiger partial charge in [-0.15, -0.1) is 0 Å². The maximum Gasteiger partial charge on any atom is 0.139 e. The second-order valence-electron chi connectivity index (χ2n) is 4.61. The zero-order valence-electron chi connectivity index (χ0n) is 8.03. The van der Waals surface area contributed by atoms with Gasteiger partial charge in [0.05, 0.1) is 0 Å². The molecular weight excluding hydrogens is 136 g/mol. The molecular formula is C10H18O. The average Bonchev–Trinajstić information content (AvgIpc) is 2.63. The molecule has 0 unspecified atom stereocenters. The van der Waals surface area contributed by atoms with Gasteiger partial charge in [0.25, 0.3) is 0 Å². The predicted molar refractivity (Wildman–Crippen MR) is 46.4 cm³/mol. The Bertz CT molecular complexity index is 170. The summed E-state index contributed by atoms with van der Waals surface area (Å²) >= 11 is 0. The molecule has 0 aromatic carbocycles. The molecule has 0 atom stereocenters. The van der Waals surface area contributed by atoms with E-state index in [1.807, 2.05) is 6.92 Å². The van der Waals surface area contributed by atoms with E-state index >= 15 is 0 Å². The zero-order chi connectivity index (χ0) is 8.70. The SMILES string of the molecule is CCC(=O)C1(C(C)(C)C)CC1. The van der Waals surface area contributed by atoms with Crippen molar-refractivity contribution in [2.45, 2.75) is 47.0 Å². The van der Waals surface area contributed by atoms with E-state index in [4.69, 9.17) is 0 Å². The summed E-state index contributed by atoms with van der Waals surface area (Å²) in [6.07, 6.45) is 2.93. The van der Waals surface area contributed by atoms with Crippen LogP contribution in [-0.4, -0.2) is 5.78 Å². The third-order valence-electron chi connectivity index (χ3n) is 3.04. The Morgan fingerprint density at radius 2 is 1.82 bits per heavy atom. The Kier molecular flexibility index (Phi) is 1.85. The molecule has 0 bridgehead atoms. The van der Waals surface area contributed by atoms with Crippen molar-refractivity contribution >= 4 is 5.78 Å². The fraction of sp³-hybridized carbons (Fsp3) is 0.900. The lowest BCUT2D eigenvalue weighted by molar-refractivity contribution is -0.127. The minimum Gasteiger partial charge on any atom is -0.299 e. The van der Waals surface area contributed by atoms with Gasteiger partial charge in [0.1, 0.15) is 5.78 Å². The van der Waals surface area contributed by atoms with E-state index in [2.05, 4.69) is 20.8 Å². The Balaban J connectivity index is 2.76. The maximum atomic E-state index is 11.5. The van der Waals surface area contributed by atoms with E-state index in [0.29, 0.717) is 12.2 Å². The molecule has 0 radical (unpaired) electrons. The van der Waals surface area contributed by atoms with Crippen LogP contribution in [0.15, 0.2) is 0 Å². The van der Waals surface area contributed by atoms with Crippen LogP contribution in [0.1, 0.15) is 47.0 Å². The van der Waals surface area contributed by atoms with E-state index in [-0.39, 0.29) is 10.8 Å². The molecule has 1 aliphatic rings. The minimum atomic E-state index is 0.0573. The summed E-state index contributed by atoms with van der Waals surface area (Å²) in [6, 6.07) is 0. The number of hydrogen-bond donors (Lipinski definition) is 0. The second kappa shape index (κ2) is 2.33. The molecule has 0 heterocycles. The van der Waals surface area contributed by atoms with Gasteiger partial charge in [-0.3, -0.25) is 4.79 Å². The summed E-state index contributed by atoms with van der Waals surface area (Å²) in [4.78, 5) is 11.5. The minimum absolute atomic E-state index is 0.0573. The van der Waals surface area contributed by atoms with Crippen molar-refractivity contribution < 1.29 is 4.79 Å². The first-order valence-corrected chi connectivity index (χ1v) is 4.47. The molecule has 1 heteroatoms. The molecule has 11 heavy (non-hydrogen) atoms. The molecule has 1 nitrogen and oxygen atoms in total. The van der Waals surface area contributed by atoms with Gasteiger partial charge >= 0.3 is 0 Å². The smallest absolute Gasteiger partial charge is 0.139 e. The van der Waals surface area contributed by atoms with Crippen LogP contribution in [0.25, 0.3) is 0 Å². The molecule has 0 aromatic heterocycles. The van der Waals surface area contributed by atoms with Gasteiger partial charge in [-0.25, -0.2) is 0 Å². The van der Waals surface area contributed by atoms with Crippen LogP contribution >= 0.6 is 0 Å². The fourth-order valence-electron chi connectivity index (χ4n) is 1.91. The number of carbonyl (C=O) groups excluding carboxylic acids is 1. The van der Waals surface area contributed by atoms with E-state index in [1.54, 1.807) is 0 Å². The molecule has 1 saturated carbocycles. The first-order valence-electron chi connectivity index (χ1n) is 4.47. The number of rotatable bonds is 2. The van der Waals surface area contributed by atoms with Crippen LogP contribution in [0.3, 0.4) is 0 Å². The Hall–Kier alpha value is -0.330. The van der Waals surface area contributed by atoms with Crippen LogP contribution < -0.4 is 0 Å². The predicted octanol–water partition coefficient (Wildman–Crippen LogP) is 2.79. The Labute approximate surface area is 69.2 Å². The van der Waals surface area contributed by atoms with Gasteiger partial charge in [0, 0.05) is 11.8 Å². The maximum absolute atomic E-state index is 11.5. The lowest BCUT2D eigenvalue weighted by Crippen LogP contribution is -2.29. The van der Waals surface area contributed by atoms with Crippen LogP contribution in [0.4, 0.5) is 0 Å². The second-order valence-corrected chi connectivity index (χ2v) is 4.61. The molecule has 0 aromatic rings. The lowest BCUT2D eigenvalue weighted by atomic mass is 9.74. The zero-order valence-corrected chi connectivity index (χ0v) is 8.03. The summed E-state index contributed by atoms with van der Waals surface area (Å²) in [5.41, 5.74) is 0.238. The monoisotopic (exact) mass is 154 g/mol. The average molecular weight is 154 g/mol. The van der Waals surface area contributed by atoms with Crippen molar-refractivity contribution in [2.75, 3.05) is 0 Å². The summed E-state index contributed by atoms with van der Waals surface area (Å²) in [7, 11) is 0. The summed E-state index contributed by atoms with van der Waals surface area (Å²) in [6.45, 7) is 8.49. The van der Waals surface area contributed by atoms with Gasteiger partial charge in [0.2, 0.25) is 0 Å². The van der Waals surface area contributed by atoms with Gasteiger partial charge < -0.3 is 0 Å². The molecule has 64 valence electrons. The highest BCUT2D eigenvalue weighted by Gasteiger charge is 2.56. The fourth-order valence-corrected chi connectivity index (χ4v) is 1.91. The molecule has 0 spiro atoms. The van der Waals surface area contributed by atoms with Crippen molar-refractivity contribution in [1.82, 2.24) is 0 Å². The number of Topliss-reactive ketones (excluding diaryl/α,β-unsaturated/α-hetero) is 1. The molecule has 0 aliphatic heterocycles. The molecule has 0 amide bonds. The molecule has 1 rings (SSSR count). The van der Waals surface area contributed by atoms with E-state index in [1.165, 1.54) is 0 Å². The van der Waals surface area contributed by atoms with Gasteiger partial charge in [-0.1, -0.05) is 27.7 Å². The van der Waals surface area contributed by atoms with Crippen LogP contribution in [0.5, 0.6) is 0 Å². The van der Waals surface area contributed by atoms with Gasteiger partial charge in [-0.2, -0.15) is 0 Å². The van der Waals surface area contributed by atoms with Crippen LogP contribution in [0.2, 0.25) is 0 Å². The lowest BCUT2D eigenvalue weighted by Gasteiger charge is -2.29. The highest BCUT2D eigenvalue weighted by Crippen LogP contribution is 2.59. The molecule has 0 saturated heterocycles. The van der Waals surface area contributed by atoms with Gasteiger partial charge in [0.15, 0.2) is 0 Å². The van der Waals surface area contributed by atoms with Crippen LogP contribution in [-0.2, 0) is 4.79 Å². The highest BCUT2D eigenvalue weighted by molar-refractivity contribution is 5.87. The highest BCUT2D eigenvalue weighted by atomic mass is 16.1. The number of carbonyl (C=O) groups is 1. The number of hydrogen-bond acceptors (Lipinski definition) is 1. The Morgan fingerprint density at radius 3 is 1.91 bits per heavy atom. The van der Waals surface area contributed by atoms with Crippen molar-refractivity contribution in [3.05, 3.63) is 0 Å². The first-order chi connectivity index (χ1) is 4.94. The van der Waals surface area contributed by atoms with Crippen molar-refractivity contribution in [2.24, 2.45) is 10.8 Å².